The SMILES string of the molecule is CC(=O)Nc1ccc2c(COc3ccc(C(F)(F)F)cc3)cc(=O)oc2c1. The van der Waals surface area contributed by atoms with Crippen molar-refractivity contribution in [1.29, 1.82) is 0 Å². The molecular weight excluding hydrogens is 363 g/mol. The van der Waals surface area contributed by atoms with Gasteiger partial charge in [0.1, 0.15) is 17.9 Å². The molecule has 1 amide bonds. The van der Waals surface area contributed by atoms with Crippen LogP contribution in [0.1, 0.15) is 18.1 Å². The number of benzene rings is 2. The Labute approximate surface area is 151 Å². The first-order chi connectivity index (χ1) is 12.7. The van der Waals surface area contributed by atoms with E-state index < -0.39 is 17.4 Å². The van der Waals surface area contributed by atoms with Gasteiger partial charge in [0.2, 0.25) is 5.91 Å². The van der Waals surface area contributed by atoms with E-state index in [1.165, 1.54) is 31.2 Å². The minimum absolute atomic E-state index is 0.0348. The Hall–Kier alpha value is -3.29. The molecule has 0 radical (unpaired) electrons. The Morgan fingerprint density at radius 3 is 2.44 bits per heavy atom. The van der Waals surface area contributed by atoms with E-state index in [4.69, 9.17) is 9.15 Å². The van der Waals surface area contributed by atoms with Crippen LogP contribution in [0.3, 0.4) is 0 Å². The van der Waals surface area contributed by atoms with Crippen LogP contribution in [0.5, 0.6) is 5.75 Å². The van der Waals surface area contributed by atoms with Gasteiger partial charge in [0.15, 0.2) is 0 Å². The third kappa shape index (κ3) is 4.46. The predicted octanol–water partition coefficient (Wildman–Crippen LogP) is 4.35. The summed E-state index contributed by atoms with van der Waals surface area (Å²) in [6, 6.07) is 10.3. The molecule has 1 heterocycles. The molecule has 1 N–H and O–H groups in total. The van der Waals surface area contributed by atoms with Gasteiger partial charge in [-0.15, -0.1) is 0 Å². The van der Waals surface area contributed by atoms with Crippen LogP contribution in [0.2, 0.25) is 0 Å². The fourth-order valence-electron chi connectivity index (χ4n) is 2.53. The number of nitrogens with one attached hydrogen (secondary N) is 1. The van der Waals surface area contributed by atoms with E-state index in [0.29, 0.717) is 16.6 Å². The Balaban J connectivity index is 1.84. The van der Waals surface area contributed by atoms with Crippen LogP contribution in [0.25, 0.3) is 11.0 Å². The van der Waals surface area contributed by atoms with Crippen LogP contribution in [0, 0.1) is 0 Å². The lowest BCUT2D eigenvalue weighted by molar-refractivity contribution is -0.137. The van der Waals surface area contributed by atoms with E-state index in [9.17, 15) is 22.8 Å². The molecule has 1 aromatic heterocycles. The van der Waals surface area contributed by atoms with Crippen LogP contribution in [-0.4, -0.2) is 5.91 Å². The second kappa shape index (κ2) is 7.14. The Morgan fingerprint density at radius 2 is 1.81 bits per heavy atom. The largest absolute Gasteiger partial charge is 0.489 e. The number of ether oxygens (including phenoxy) is 1. The minimum atomic E-state index is -4.42. The zero-order chi connectivity index (χ0) is 19.6. The molecule has 5 nitrogen and oxygen atoms in total. The molecule has 0 aliphatic heterocycles. The Morgan fingerprint density at radius 1 is 1.11 bits per heavy atom. The first-order valence-corrected chi connectivity index (χ1v) is 7.87. The molecule has 0 bridgehead atoms. The topological polar surface area (TPSA) is 68.5 Å². The normalized spacial score (nSPS) is 11.4. The summed E-state index contributed by atoms with van der Waals surface area (Å²) < 4.78 is 48.4. The van der Waals surface area contributed by atoms with Gasteiger partial charge in [-0.25, -0.2) is 4.79 Å². The molecule has 3 rings (SSSR count). The maximum absolute atomic E-state index is 12.6. The van der Waals surface area contributed by atoms with E-state index in [1.54, 1.807) is 12.1 Å². The van der Waals surface area contributed by atoms with Gasteiger partial charge in [0.25, 0.3) is 0 Å². The van der Waals surface area contributed by atoms with Crippen molar-refractivity contribution in [2.24, 2.45) is 0 Å². The van der Waals surface area contributed by atoms with Crippen molar-refractivity contribution in [3.63, 3.8) is 0 Å². The number of fused-ring (bicyclic) bond motifs is 1. The average molecular weight is 377 g/mol. The summed E-state index contributed by atoms with van der Waals surface area (Å²) in [5, 5.41) is 3.18. The second-order valence-electron chi connectivity index (χ2n) is 5.79. The number of carbonyl (C=O) groups is 1. The molecule has 0 spiro atoms. The maximum atomic E-state index is 12.6. The lowest BCUT2D eigenvalue weighted by atomic mass is 10.1. The van der Waals surface area contributed by atoms with Crippen LogP contribution < -0.4 is 15.7 Å². The van der Waals surface area contributed by atoms with Gasteiger partial charge in [-0.05, 0) is 36.4 Å². The molecule has 2 aromatic carbocycles. The van der Waals surface area contributed by atoms with Crippen molar-refractivity contribution in [1.82, 2.24) is 0 Å². The molecule has 0 unspecified atom stereocenters. The molecule has 0 aliphatic carbocycles. The number of halogens is 3. The number of hydrogen-bond acceptors (Lipinski definition) is 4. The minimum Gasteiger partial charge on any atom is -0.489 e. The van der Waals surface area contributed by atoms with Gasteiger partial charge >= 0.3 is 11.8 Å². The van der Waals surface area contributed by atoms with E-state index in [2.05, 4.69) is 5.32 Å². The highest BCUT2D eigenvalue weighted by molar-refractivity contribution is 5.92. The summed E-state index contributed by atoms with van der Waals surface area (Å²) in [6.07, 6.45) is -4.42. The predicted molar refractivity (Wildman–Crippen MR) is 92.6 cm³/mol. The highest BCUT2D eigenvalue weighted by Gasteiger charge is 2.30. The lowest BCUT2D eigenvalue weighted by Crippen LogP contribution is -2.07. The first kappa shape index (κ1) is 18.5. The highest BCUT2D eigenvalue weighted by Crippen LogP contribution is 2.30. The van der Waals surface area contributed by atoms with Crippen LogP contribution in [0.4, 0.5) is 18.9 Å². The number of anilines is 1. The zero-order valence-electron chi connectivity index (χ0n) is 14.1. The van der Waals surface area contributed by atoms with Crippen molar-refractivity contribution in [3.8, 4) is 5.75 Å². The number of rotatable bonds is 4. The summed E-state index contributed by atoms with van der Waals surface area (Å²) in [4.78, 5) is 22.9. The molecule has 0 aliphatic rings. The van der Waals surface area contributed by atoms with Crippen LogP contribution in [-0.2, 0) is 17.6 Å². The average Bonchev–Trinajstić information content (AvgIpc) is 2.58. The van der Waals surface area contributed by atoms with Crippen molar-refractivity contribution < 1.29 is 27.1 Å². The standard InChI is InChI=1S/C19H14F3NO4/c1-11(24)23-14-4-7-16-12(8-18(25)27-17(16)9-14)10-26-15-5-2-13(3-6-15)19(20,21)22/h2-9H,10H2,1H3,(H,23,24). The van der Waals surface area contributed by atoms with E-state index >= 15 is 0 Å². The summed E-state index contributed by atoms with van der Waals surface area (Å²) in [5.74, 6) is -0.0299. The molecule has 8 heteroatoms. The Bertz CT molecular complexity index is 1040. The first-order valence-electron chi connectivity index (χ1n) is 7.87. The van der Waals surface area contributed by atoms with Gasteiger partial charge < -0.3 is 14.5 Å². The smallest absolute Gasteiger partial charge is 0.416 e. The van der Waals surface area contributed by atoms with Crippen molar-refractivity contribution in [2.75, 3.05) is 5.32 Å². The number of amides is 1. The third-order valence-electron chi connectivity index (χ3n) is 3.73. The summed E-state index contributed by atoms with van der Waals surface area (Å²) in [6.45, 7) is 1.32. The molecule has 0 atom stereocenters. The van der Waals surface area contributed by atoms with E-state index in [-0.39, 0.29) is 23.8 Å². The maximum Gasteiger partial charge on any atom is 0.416 e. The van der Waals surface area contributed by atoms with Gasteiger partial charge in [-0.3, -0.25) is 4.79 Å². The number of carbonyl (C=O) groups excluding carboxylic acids is 1. The van der Waals surface area contributed by atoms with Gasteiger partial charge in [0.05, 0.1) is 5.56 Å². The molecule has 0 fully saturated rings. The summed E-state index contributed by atoms with van der Waals surface area (Å²) in [5.41, 5.74) is -0.131. The molecule has 0 saturated carbocycles. The molecule has 140 valence electrons. The fraction of sp³-hybridized carbons (Fsp3) is 0.158. The number of alkyl halides is 3. The second-order valence-corrected chi connectivity index (χ2v) is 5.79. The quantitative estimate of drug-likeness (QED) is 0.687. The van der Waals surface area contributed by atoms with Crippen LogP contribution in [0.15, 0.2) is 57.7 Å². The summed E-state index contributed by atoms with van der Waals surface area (Å²) >= 11 is 0. The van der Waals surface area contributed by atoms with E-state index in [1.807, 2.05) is 0 Å². The van der Waals surface area contributed by atoms with Crippen LogP contribution >= 0.6 is 0 Å². The molecule has 0 saturated heterocycles. The zero-order valence-corrected chi connectivity index (χ0v) is 14.1. The van der Waals surface area contributed by atoms with Crippen molar-refractivity contribution in [3.05, 3.63) is 70.1 Å². The highest BCUT2D eigenvalue weighted by atomic mass is 19.4. The molecule has 27 heavy (non-hydrogen) atoms. The number of hydrogen-bond donors (Lipinski definition) is 1. The van der Waals surface area contributed by atoms with Gasteiger partial charge in [-0.2, -0.15) is 13.2 Å². The summed E-state index contributed by atoms with van der Waals surface area (Å²) in [7, 11) is 0. The van der Waals surface area contributed by atoms with Crippen molar-refractivity contribution >= 4 is 22.6 Å². The lowest BCUT2D eigenvalue weighted by Gasteiger charge is -2.11. The third-order valence-corrected chi connectivity index (χ3v) is 3.73. The molecule has 3 aromatic rings. The Kier molecular flexibility index (Phi) is 4.89. The fourth-order valence-corrected chi connectivity index (χ4v) is 2.53. The van der Waals surface area contributed by atoms with Gasteiger partial charge in [-0.1, -0.05) is 0 Å². The van der Waals surface area contributed by atoms with E-state index in [0.717, 1.165) is 12.1 Å². The van der Waals surface area contributed by atoms with Gasteiger partial charge in [0, 0.05) is 35.7 Å². The molecular formula is C19H14F3NO4. The van der Waals surface area contributed by atoms with Crippen molar-refractivity contribution in [2.45, 2.75) is 19.7 Å². The monoisotopic (exact) mass is 377 g/mol.